The Balaban J connectivity index is 2.70. The van der Waals surface area contributed by atoms with Crippen molar-refractivity contribution >= 4 is 23.7 Å². The number of hydrogen-bond acceptors (Lipinski definition) is 4. The van der Waals surface area contributed by atoms with Crippen LogP contribution in [0.5, 0.6) is 5.75 Å². The predicted molar refractivity (Wildman–Crippen MR) is 92.9 cm³/mol. The summed E-state index contributed by atoms with van der Waals surface area (Å²) in [5, 5.41) is 2.69. The van der Waals surface area contributed by atoms with Gasteiger partial charge in [-0.3, -0.25) is 4.79 Å². The van der Waals surface area contributed by atoms with Crippen LogP contribution in [0.4, 0.5) is 4.79 Å². The van der Waals surface area contributed by atoms with Crippen molar-refractivity contribution in [2.45, 2.75) is 24.4 Å². The van der Waals surface area contributed by atoms with Gasteiger partial charge in [-0.1, -0.05) is 6.07 Å². The van der Waals surface area contributed by atoms with Gasteiger partial charge in [-0.2, -0.15) is 0 Å². The molecule has 0 aliphatic rings. The second-order valence-electron chi connectivity index (χ2n) is 5.45. The number of rotatable bonds is 6. The lowest BCUT2D eigenvalue weighted by Crippen LogP contribution is -2.48. The van der Waals surface area contributed by atoms with E-state index in [1.807, 2.05) is 24.5 Å². The van der Waals surface area contributed by atoms with E-state index >= 15 is 0 Å². The second-order valence-corrected chi connectivity index (χ2v) is 6.30. The van der Waals surface area contributed by atoms with Gasteiger partial charge in [0.05, 0.1) is 7.11 Å². The fourth-order valence-electron chi connectivity index (χ4n) is 2.07. The molecule has 1 atom stereocenters. The molecule has 7 heteroatoms. The molecule has 0 heterocycles. The molecule has 0 aromatic heterocycles. The first-order chi connectivity index (χ1) is 10.8. The lowest BCUT2D eigenvalue weighted by molar-refractivity contribution is -0.130. The molecule has 1 aromatic rings. The molecule has 23 heavy (non-hydrogen) atoms. The summed E-state index contributed by atoms with van der Waals surface area (Å²) in [5.74, 6) is 0.651. The minimum Gasteiger partial charge on any atom is -0.496 e. The number of thioether (sulfide) groups is 1. The Labute approximate surface area is 142 Å². The van der Waals surface area contributed by atoms with E-state index in [0.29, 0.717) is 6.54 Å². The van der Waals surface area contributed by atoms with Crippen LogP contribution in [0.25, 0.3) is 0 Å². The molecule has 6 nitrogen and oxygen atoms in total. The van der Waals surface area contributed by atoms with E-state index in [1.165, 1.54) is 9.80 Å². The number of ether oxygens (including phenoxy) is 1. The number of nitrogens with zero attached hydrogens (tertiary/aromatic N) is 2. The maximum atomic E-state index is 12.2. The zero-order chi connectivity index (χ0) is 17.6. The molecular formula is C16H25N3O3S. The molecule has 0 aliphatic heterocycles. The average molecular weight is 339 g/mol. The summed E-state index contributed by atoms with van der Waals surface area (Å²) >= 11 is 1.61. The van der Waals surface area contributed by atoms with Gasteiger partial charge >= 0.3 is 6.03 Å². The van der Waals surface area contributed by atoms with Crippen molar-refractivity contribution in [1.29, 1.82) is 0 Å². The second kappa shape index (κ2) is 8.67. The zero-order valence-electron chi connectivity index (χ0n) is 14.5. The molecule has 128 valence electrons. The van der Waals surface area contributed by atoms with E-state index in [1.54, 1.807) is 46.9 Å². The fourth-order valence-corrected chi connectivity index (χ4v) is 2.62. The van der Waals surface area contributed by atoms with E-state index in [0.717, 1.165) is 16.2 Å². The molecule has 0 fully saturated rings. The first-order valence-electron chi connectivity index (χ1n) is 7.23. The number of likely N-dealkylation sites (N-methyl/N-ethyl adjacent to an activating group) is 1. The molecule has 0 saturated heterocycles. The van der Waals surface area contributed by atoms with Crippen LogP contribution in [-0.2, 0) is 11.3 Å². The molecule has 0 unspecified atom stereocenters. The molecule has 1 aromatic carbocycles. The van der Waals surface area contributed by atoms with Gasteiger partial charge in [0.15, 0.2) is 0 Å². The third-order valence-corrected chi connectivity index (χ3v) is 4.14. The predicted octanol–water partition coefficient (Wildman–Crippen LogP) is 2.04. The largest absolute Gasteiger partial charge is 0.496 e. The van der Waals surface area contributed by atoms with Gasteiger partial charge in [-0.25, -0.2) is 4.79 Å². The highest BCUT2D eigenvalue weighted by Gasteiger charge is 2.19. The topological polar surface area (TPSA) is 61.9 Å². The minimum atomic E-state index is -0.562. The molecule has 3 amide bonds. The van der Waals surface area contributed by atoms with Crippen molar-refractivity contribution in [3.8, 4) is 5.75 Å². The van der Waals surface area contributed by atoms with Crippen LogP contribution in [0.15, 0.2) is 23.1 Å². The Kier molecular flexibility index (Phi) is 7.22. The van der Waals surface area contributed by atoms with Crippen LogP contribution in [0.1, 0.15) is 12.5 Å². The smallest absolute Gasteiger partial charge is 0.318 e. The highest BCUT2D eigenvalue weighted by Crippen LogP contribution is 2.28. The van der Waals surface area contributed by atoms with Crippen LogP contribution in [-0.4, -0.2) is 62.3 Å². The minimum absolute atomic E-state index is 0.141. The number of amides is 3. The highest BCUT2D eigenvalue weighted by molar-refractivity contribution is 7.98. The molecule has 0 aliphatic carbocycles. The Morgan fingerprint density at radius 3 is 2.48 bits per heavy atom. The van der Waals surface area contributed by atoms with Gasteiger partial charge in [-0.15, -0.1) is 11.8 Å². The maximum absolute atomic E-state index is 12.2. The lowest BCUT2D eigenvalue weighted by atomic mass is 10.2. The number of methoxy groups -OCH3 is 1. The van der Waals surface area contributed by atoms with Gasteiger partial charge in [0, 0.05) is 32.6 Å². The quantitative estimate of drug-likeness (QED) is 0.806. The van der Waals surface area contributed by atoms with Gasteiger partial charge in [0.25, 0.3) is 0 Å². The van der Waals surface area contributed by atoms with Crippen molar-refractivity contribution < 1.29 is 14.3 Å². The van der Waals surface area contributed by atoms with Crippen LogP contribution >= 0.6 is 11.8 Å². The standard InChI is InChI=1S/C16H25N3O3S/c1-11(15(20)18(2)3)17-16(21)19(4)10-12-7-8-14(23-6)13(9-12)22-5/h7-9,11H,10H2,1-6H3,(H,17,21)/t11-/m0/s1. The number of carbonyl (C=O) groups excluding carboxylic acids is 2. The van der Waals surface area contributed by atoms with Gasteiger partial charge in [-0.05, 0) is 30.9 Å². The number of hydrogen-bond donors (Lipinski definition) is 1. The Morgan fingerprint density at radius 2 is 1.96 bits per heavy atom. The SMILES string of the molecule is COc1cc(CN(C)C(=O)N[C@@H](C)C(=O)N(C)C)ccc1SC. The summed E-state index contributed by atoms with van der Waals surface area (Å²) in [6.07, 6.45) is 1.99. The zero-order valence-corrected chi connectivity index (χ0v) is 15.4. The maximum Gasteiger partial charge on any atom is 0.318 e. The van der Waals surface area contributed by atoms with E-state index in [9.17, 15) is 9.59 Å². The van der Waals surface area contributed by atoms with Crippen molar-refractivity contribution in [3.63, 3.8) is 0 Å². The molecule has 1 rings (SSSR count). The third-order valence-electron chi connectivity index (χ3n) is 3.37. The molecule has 1 N–H and O–H groups in total. The number of nitrogens with one attached hydrogen (secondary N) is 1. The van der Waals surface area contributed by atoms with Crippen molar-refractivity contribution in [2.24, 2.45) is 0 Å². The summed E-state index contributed by atoms with van der Waals surface area (Å²) in [5.41, 5.74) is 0.962. The monoisotopic (exact) mass is 339 g/mol. The number of carbonyl (C=O) groups is 2. The average Bonchev–Trinajstić information content (AvgIpc) is 2.53. The molecular weight excluding hydrogens is 314 g/mol. The lowest BCUT2D eigenvalue weighted by Gasteiger charge is -2.23. The fraction of sp³-hybridized carbons (Fsp3) is 0.500. The molecule has 0 bridgehead atoms. The van der Waals surface area contributed by atoms with Crippen LogP contribution in [0.2, 0.25) is 0 Å². The Bertz CT molecular complexity index is 564. The number of urea groups is 1. The van der Waals surface area contributed by atoms with Crippen molar-refractivity contribution in [3.05, 3.63) is 23.8 Å². The van der Waals surface area contributed by atoms with Crippen LogP contribution < -0.4 is 10.1 Å². The van der Waals surface area contributed by atoms with E-state index in [4.69, 9.17) is 4.74 Å². The molecule has 0 spiro atoms. The Hall–Kier alpha value is -1.89. The first-order valence-corrected chi connectivity index (χ1v) is 8.46. The van der Waals surface area contributed by atoms with E-state index in [-0.39, 0.29) is 11.9 Å². The van der Waals surface area contributed by atoms with E-state index in [2.05, 4.69) is 5.32 Å². The summed E-state index contributed by atoms with van der Waals surface area (Å²) in [4.78, 5) is 28.0. The van der Waals surface area contributed by atoms with Gasteiger partial charge in [0.1, 0.15) is 11.8 Å². The third kappa shape index (κ3) is 5.35. The summed E-state index contributed by atoms with van der Waals surface area (Å²) in [6.45, 7) is 2.10. The molecule has 0 radical (unpaired) electrons. The van der Waals surface area contributed by atoms with Crippen LogP contribution in [0.3, 0.4) is 0 Å². The highest BCUT2D eigenvalue weighted by atomic mass is 32.2. The van der Waals surface area contributed by atoms with Gasteiger partial charge in [0.2, 0.25) is 5.91 Å². The van der Waals surface area contributed by atoms with Gasteiger partial charge < -0.3 is 19.9 Å². The normalized spacial score (nSPS) is 11.6. The molecule has 0 saturated carbocycles. The Morgan fingerprint density at radius 1 is 1.30 bits per heavy atom. The first kappa shape index (κ1) is 19.2. The van der Waals surface area contributed by atoms with E-state index < -0.39 is 6.04 Å². The summed E-state index contributed by atoms with van der Waals surface area (Å²) in [7, 11) is 6.64. The summed E-state index contributed by atoms with van der Waals surface area (Å²) < 4.78 is 5.35. The summed E-state index contributed by atoms with van der Waals surface area (Å²) in [6, 6.07) is 5.01. The van der Waals surface area contributed by atoms with Crippen molar-refractivity contribution in [1.82, 2.24) is 15.1 Å². The number of benzene rings is 1. The van der Waals surface area contributed by atoms with Crippen LogP contribution in [0, 0.1) is 0 Å². The van der Waals surface area contributed by atoms with Crippen molar-refractivity contribution in [2.75, 3.05) is 34.5 Å².